The van der Waals surface area contributed by atoms with E-state index in [1.54, 1.807) is 4.90 Å². The molecule has 2 heterocycles. The molecule has 7 heteroatoms. The third kappa shape index (κ3) is 4.78. The topological polar surface area (TPSA) is 52.7 Å². The van der Waals surface area contributed by atoms with Crippen LogP contribution >= 0.6 is 0 Å². The Kier molecular flexibility index (Phi) is 6.19. The van der Waals surface area contributed by atoms with Crippen LogP contribution in [-0.2, 0) is 16.1 Å². The Balaban J connectivity index is 1.60. The van der Waals surface area contributed by atoms with Crippen molar-refractivity contribution >= 4 is 11.8 Å². The predicted octanol–water partition coefficient (Wildman–Crippen LogP) is 2.06. The highest BCUT2D eigenvalue weighted by Gasteiger charge is 2.31. The van der Waals surface area contributed by atoms with Crippen LogP contribution in [0.4, 0.5) is 8.78 Å². The number of carbonyl (C=O) groups is 2. The normalized spacial score (nSPS) is 21.6. The number of rotatable bonds is 4. The SMILES string of the molecule is O=C(CC1NCCN(Cc2cc(F)cc(F)c2)C1=O)N1CCCCCC1. The molecule has 0 saturated carbocycles. The lowest BCUT2D eigenvalue weighted by Gasteiger charge is -2.34. The summed E-state index contributed by atoms with van der Waals surface area (Å²) in [4.78, 5) is 28.6. The van der Waals surface area contributed by atoms with E-state index >= 15 is 0 Å². The van der Waals surface area contributed by atoms with Crippen LogP contribution in [0.15, 0.2) is 18.2 Å². The Bertz CT molecular complexity index is 640. The van der Waals surface area contributed by atoms with Crippen LogP contribution in [0.5, 0.6) is 0 Å². The molecule has 2 amide bonds. The number of piperazine rings is 1. The number of nitrogens with zero attached hydrogens (tertiary/aromatic N) is 2. The van der Waals surface area contributed by atoms with E-state index in [1.807, 2.05) is 4.90 Å². The molecule has 1 aromatic rings. The van der Waals surface area contributed by atoms with Crippen molar-refractivity contribution in [1.29, 1.82) is 0 Å². The average Bonchev–Trinajstić information content (AvgIpc) is 2.87. The summed E-state index contributed by atoms with van der Waals surface area (Å²) in [6.45, 7) is 2.66. The van der Waals surface area contributed by atoms with Gasteiger partial charge in [0, 0.05) is 38.8 Å². The predicted molar refractivity (Wildman–Crippen MR) is 93.2 cm³/mol. The molecule has 2 fully saturated rings. The van der Waals surface area contributed by atoms with E-state index in [4.69, 9.17) is 0 Å². The molecular formula is C19H25F2N3O2. The first-order valence-corrected chi connectivity index (χ1v) is 9.28. The number of likely N-dealkylation sites (tertiary alicyclic amines) is 1. The molecule has 0 radical (unpaired) electrons. The molecule has 0 aliphatic carbocycles. The Labute approximate surface area is 152 Å². The van der Waals surface area contributed by atoms with Crippen LogP contribution in [0.1, 0.15) is 37.7 Å². The summed E-state index contributed by atoms with van der Waals surface area (Å²) in [7, 11) is 0. The van der Waals surface area contributed by atoms with Gasteiger partial charge in [0.15, 0.2) is 0 Å². The molecular weight excluding hydrogens is 340 g/mol. The Morgan fingerprint density at radius 1 is 1.04 bits per heavy atom. The second-order valence-corrected chi connectivity index (χ2v) is 7.04. The number of amides is 2. The van der Waals surface area contributed by atoms with Gasteiger partial charge in [-0.2, -0.15) is 0 Å². The highest BCUT2D eigenvalue weighted by molar-refractivity contribution is 5.89. The van der Waals surface area contributed by atoms with E-state index in [-0.39, 0.29) is 24.8 Å². The van der Waals surface area contributed by atoms with Gasteiger partial charge in [-0.1, -0.05) is 12.8 Å². The molecule has 2 saturated heterocycles. The highest BCUT2D eigenvalue weighted by Crippen LogP contribution is 2.16. The van der Waals surface area contributed by atoms with Crippen LogP contribution in [-0.4, -0.2) is 53.8 Å². The summed E-state index contributed by atoms with van der Waals surface area (Å²) in [6.07, 6.45) is 4.43. The van der Waals surface area contributed by atoms with Crippen LogP contribution in [0.25, 0.3) is 0 Å². The van der Waals surface area contributed by atoms with Crippen LogP contribution in [0.2, 0.25) is 0 Å². The lowest BCUT2D eigenvalue weighted by atomic mass is 10.1. The molecule has 1 atom stereocenters. The summed E-state index contributed by atoms with van der Waals surface area (Å²) in [6, 6.07) is 2.70. The number of nitrogens with one attached hydrogen (secondary N) is 1. The van der Waals surface area contributed by atoms with Crippen molar-refractivity contribution in [3.8, 4) is 0 Å². The van der Waals surface area contributed by atoms with E-state index in [1.165, 1.54) is 12.1 Å². The molecule has 1 N–H and O–H groups in total. The van der Waals surface area contributed by atoms with E-state index in [0.717, 1.165) is 44.8 Å². The molecule has 142 valence electrons. The van der Waals surface area contributed by atoms with Crippen molar-refractivity contribution in [3.63, 3.8) is 0 Å². The van der Waals surface area contributed by atoms with Gasteiger partial charge in [0.1, 0.15) is 11.6 Å². The summed E-state index contributed by atoms with van der Waals surface area (Å²) in [5.41, 5.74) is 0.412. The lowest BCUT2D eigenvalue weighted by molar-refractivity contribution is -0.141. The first kappa shape index (κ1) is 18.8. The number of carbonyl (C=O) groups excluding carboxylic acids is 2. The molecule has 1 aromatic carbocycles. The molecule has 1 unspecified atom stereocenters. The molecule has 0 spiro atoms. The zero-order chi connectivity index (χ0) is 18.5. The van der Waals surface area contributed by atoms with Crippen molar-refractivity contribution in [2.45, 2.75) is 44.7 Å². The zero-order valence-corrected chi connectivity index (χ0v) is 14.8. The first-order chi connectivity index (χ1) is 12.5. The first-order valence-electron chi connectivity index (χ1n) is 9.28. The largest absolute Gasteiger partial charge is 0.343 e. The maximum Gasteiger partial charge on any atom is 0.240 e. The number of benzene rings is 1. The van der Waals surface area contributed by atoms with Gasteiger partial charge in [0.25, 0.3) is 0 Å². The summed E-state index contributed by atoms with van der Waals surface area (Å²) in [5.74, 6) is -1.51. The fraction of sp³-hybridized carbons (Fsp3) is 0.579. The minimum Gasteiger partial charge on any atom is -0.343 e. The van der Waals surface area contributed by atoms with E-state index in [2.05, 4.69) is 5.32 Å². The minimum absolute atomic E-state index is 0.00333. The third-order valence-electron chi connectivity index (χ3n) is 5.02. The second kappa shape index (κ2) is 8.58. The monoisotopic (exact) mass is 365 g/mol. The van der Waals surface area contributed by atoms with Gasteiger partial charge in [-0.15, -0.1) is 0 Å². The molecule has 5 nitrogen and oxygen atoms in total. The van der Waals surface area contributed by atoms with Crippen molar-refractivity contribution in [1.82, 2.24) is 15.1 Å². The fourth-order valence-electron chi connectivity index (χ4n) is 3.65. The lowest BCUT2D eigenvalue weighted by Crippen LogP contribution is -2.56. The second-order valence-electron chi connectivity index (χ2n) is 7.04. The Morgan fingerprint density at radius 2 is 1.69 bits per heavy atom. The van der Waals surface area contributed by atoms with Gasteiger partial charge < -0.3 is 15.1 Å². The Hall–Kier alpha value is -2.02. The molecule has 2 aliphatic rings. The van der Waals surface area contributed by atoms with Gasteiger partial charge >= 0.3 is 0 Å². The van der Waals surface area contributed by atoms with E-state index in [0.29, 0.717) is 18.7 Å². The minimum atomic E-state index is -0.657. The molecule has 3 rings (SSSR count). The molecule has 2 aliphatic heterocycles. The van der Waals surface area contributed by atoms with E-state index in [9.17, 15) is 18.4 Å². The smallest absolute Gasteiger partial charge is 0.240 e. The average molecular weight is 365 g/mol. The van der Waals surface area contributed by atoms with Crippen molar-refractivity contribution in [2.24, 2.45) is 0 Å². The number of halogens is 2. The summed E-state index contributed by atoms with van der Waals surface area (Å²) in [5, 5.41) is 3.11. The standard InChI is InChI=1S/C19H25F2N3O2/c20-15-9-14(10-16(21)11-15)13-24-8-5-22-17(19(24)26)12-18(25)23-6-3-1-2-4-7-23/h9-11,17,22H,1-8,12-13H2. The fourth-order valence-corrected chi connectivity index (χ4v) is 3.65. The van der Waals surface area contributed by atoms with Crippen LogP contribution in [0.3, 0.4) is 0 Å². The van der Waals surface area contributed by atoms with Crippen molar-refractivity contribution in [3.05, 3.63) is 35.4 Å². The molecule has 0 aromatic heterocycles. The maximum atomic E-state index is 13.4. The number of hydrogen-bond acceptors (Lipinski definition) is 3. The van der Waals surface area contributed by atoms with Crippen LogP contribution < -0.4 is 5.32 Å². The van der Waals surface area contributed by atoms with Crippen LogP contribution in [0, 0.1) is 11.6 Å². The van der Waals surface area contributed by atoms with Gasteiger partial charge in [0.2, 0.25) is 11.8 Å². The van der Waals surface area contributed by atoms with Gasteiger partial charge in [-0.05, 0) is 30.5 Å². The van der Waals surface area contributed by atoms with Crippen molar-refractivity contribution in [2.75, 3.05) is 26.2 Å². The Morgan fingerprint density at radius 3 is 2.35 bits per heavy atom. The van der Waals surface area contributed by atoms with E-state index < -0.39 is 17.7 Å². The molecule has 26 heavy (non-hydrogen) atoms. The maximum absolute atomic E-state index is 13.4. The zero-order valence-electron chi connectivity index (χ0n) is 14.8. The number of hydrogen-bond donors (Lipinski definition) is 1. The summed E-state index contributed by atoms with van der Waals surface area (Å²) < 4.78 is 26.7. The third-order valence-corrected chi connectivity index (χ3v) is 5.02. The van der Waals surface area contributed by atoms with Gasteiger partial charge in [0.05, 0.1) is 12.5 Å². The quantitative estimate of drug-likeness (QED) is 0.889. The van der Waals surface area contributed by atoms with Gasteiger partial charge in [-0.25, -0.2) is 8.78 Å². The highest BCUT2D eigenvalue weighted by atomic mass is 19.1. The van der Waals surface area contributed by atoms with Crippen molar-refractivity contribution < 1.29 is 18.4 Å². The summed E-state index contributed by atoms with van der Waals surface area (Å²) >= 11 is 0. The molecule has 0 bridgehead atoms. The van der Waals surface area contributed by atoms with Gasteiger partial charge in [-0.3, -0.25) is 9.59 Å².